The van der Waals surface area contributed by atoms with Gasteiger partial charge in [0.2, 0.25) is 0 Å². The number of rotatable bonds is 4. The molecule has 0 bridgehead atoms. The minimum Gasteiger partial charge on any atom is -0.505 e. The molecule has 2 nitrogen and oxygen atoms in total. The molecule has 0 aromatic heterocycles. The van der Waals surface area contributed by atoms with Crippen molar-refractivity contribution < 1.29 is 9.50 Å². The largest absolute Gasteiger partial charge is 0.505 e. The molecule has 2 N–H and O–H groups in total. The number of halogens is 2. The quantitative estimate of drug-likeness (QED) is 0.885. The van der Waals surface area contributed by atoms with E-state index in [1.165, 1.54) is 6.07 Å². The van der Waals surface area contributed by atoms with Crippen molar-refractivity contribution in [1.82, 2.24) is 5.32 Å². The van der Waals surface area contributed by atoms with Crippen LogP contribution in [-0.2, 0) is 6.54 Å². The molecule has 2 aromatic carbocycles. The number of phenolic OH excluding ortho intramolecular Hbond substituents is 1. The van der Waals surface area contributed by atoms with Gasteiger partial charge in [0, 0.05) is 23.2 Å². The standard InChI is InChI=1S/C15H15ClFNO/c1-10(11-4-2-6-13(16)8-11)18-9-12-5-3-7-14(17)15(12)19/h2-8,10,18-19H,9H2,1H3/t10-/m1/s1. The van der Waals surface area contributed by atoms with Crippen LogP contribution in [0, 0.1) is 5.82 Å². The van der Waals surface area contributed by atoms with Gasteiger partial charge in [0.25, 0.3) is 0 Å². The Bertz CT molecular complexity index is 574. The minimum atomic E-state index is -0.602. The summed E-state index contributed by atoms with van der Waals surface area (Å²) in [5.74, 6) is -0.900. The number of benzene rings is 2. The first-order chi connectivity index (χ1) is 9.08. The molecular formula is C15H15ClFNO. The lowest BCUT2D eigenvalue weighted by Gasteiger charge is -2.15. The summed E-state index contributed by atoms with van der Waals surface area (Å²) in [6, 6.07) is 12.1. The number of phenols is 1. The fourth-order valence-electron chi connectivity index (χ4n) is 1.86. The van der Waals surface area contributed by atoms with E-state index in [1.54, 1.807) is 12.1 Å². The Balaban J connectivity index is 2.04. The molecule has 2 aromatic rings. The summed E-state index contributed by atoms with van der Waals surface area (Å²) in [7, 11) is 0. The van der Waals surface area contributed by atoms with Gasteiger partial charge in [-0.2, -0.15) is 0 Å². The second-order valence-corrected chi connectivity index (χ2v) is 4.84. The lowest BCUT2D eigenvalue weighted by atomic mass is 10.1. The normalized spacial score (nSPS) is 12.4. The molecule has 0 unspecified atom stereocenters. The molecule has 0 aliphatic heterocycles. The van der Waals surface area contributed by atoms with Gasteiger partial charge in [0.05, 0.1) is 0 Å². The minimum absolute atomic E-state index is 0.0568. The number of para-hydroxylation sites is 1. The van der Waals surface area contributed by atoms with Gasteiger partial charge >= 0.3 is 0 Å². The predicted molar refractivity (Wildman–Crippen MR) is 74.8 cm³/mol. The van der Waals surface area contributed by atoms with E-state index in [1.807, 2.05) is 31.2 Å². The number of hydrogen-bond donors (Lipinski definition) is 2. The zero-order chi connectivity index (χ0) is 13.8. The molecule has 0 aliphatic carbocycles. The Kier molecular flexibility index (Phi) is 4.40. The Morgan fingerprint density at radius 3 is 2.74 bits per heavy atom. The molecule has 0 spiro atoms. The van der Waals surface area contributed by atoms with Crippen molar-refractivity contribution in [3.8, 4) is 5.75 Å². The zero-order valence-corrected chi connectivity index (χ0v) is 11.3. The summed E-state index contributed by atoms with van der Waals surface area (Å²) in [4.78, 5) is 0. The van der Waals surface area contributed by atoms with Crippen molar-refractivity contribution in [2.24, 2.45) is 0 Å². The second-order valence-electron chi connectivity index (χ2n) is 4.41. The third-order valence-electron chi connectivity index (χ3n) is 3.02. The Hall–Kier alpha value is -1.58. The predicted octanol–water partition coefficient (Wildman–Crippen LogP) is 4.04. The third-order valence-corrected chi connectivity index (χ3v) is 3.25. The van der Waals surface area contributed by atoms with E-state index in [4.69, 9.17) is 11.6 Å². The van der Waals surface area contributed by atoms with E-state index in [2.05, 4.69) is 5.32 Å². The van der Waals surface area contributed by atoms with E-state index >= 15 is 0 Å². The average Bonchev–Trinajstić information content (AvgIpc) is 2.40. The first kappa shape index (κ1) is 13.8. The zero-order valence-electron chi connectivity index (χ0n) is 10.5. The first-order valence-electron chi connectivity index (χ1n) is 6.03. The van der Waals surface area contributed by atoms with Crippen LogP contribution in [0.3, 0.4) is 0 Å². The highest BCUT2D eigenvalue weighted by Gasteiger charge is 2.09. The summed E-state index contributed by atoms with van der Waals surface area (Å²) in [5.41, 5.74) is 1.58. The maximum absolute atomic E-state index is 13.2. The molecule has 0 saturated heterocycles. The molecule has 1 atom stereocenters. The second kappa shape index (κ2) is 6.04. The van der Waals surface area contributed by atoms with Gasteiger partial charge in [-0.1, -0.05) is 35.9 Å². The molecule has 100 valence electrons. The monoisotopic (exact) mass is 279 g/mol. The molecule has 19 heavy (non-hydrogen) atoms. The van der Waals surface area contributed by atoms with Crippen LogP contribution in [0.1, 0.15) is 24.1 Å². The van der Waals surface area contributed by atoms with Gasteiger partial charge in [-0.15, -0.1) is 0 Å². The summed E-state index contributed by atoms with van der Waals surface area (Å²) < 4.78 is 13.2. The van der Waals surface area contributed by atoms with Crippen molar-refractivity contribution in [2.45, 2.75) is 19.5 Å². The lowest BCUT2D eigenvalue weighted by molar-refractivity contribution is 0.421. The number of aromatic hydroxyl groups is 1. The van der Waals surface area contributed by atoms with Crippen molar-refractivity contribution in [3.63, 3.8) is 0 Å². The van der Waals surface area contributed by atoms with Crippen LogP contribution in [0.5, 0.6) is 5.75 Å². The molecule has 0 saturated carbocycles. The molecule has 2 rings (SSSR count). The Morgan fingerprint density at radius 1 is 1.26 bits per heavy atom. The van der Waals surface area contributed by atoms with Crippen molar-refractivity contribution in [1.29, 1.82) is 0 Å². The van der Waals surface area contributed by atoms with Gasteiger partial charge in [-0.25, -0.2) is 4.39 Å². The van der Waals surface area contributed by atoms with Crippen LogP contribution < -0.4 is 5.32 Å². The van der Waals surface area contributed by atoms with Crippen LogP contribution >= 0.6 is 11.6 Å². The van der Waals surface area contributed by atoms with Crippen molar-refractivity contribution in [3.05, 3.63) is 64.4 Å². The topological polar surface area (TPSA) is 32.3 Å². The average molecular weight is 280 g/mol. The molecular weight excluding hydrogens is 265 g/mol. The fraction of sp³-hybridized carbons (Fsp3) is 0.200. The van der Waals surface area contributed by atoms with Crippen LogP contribution in [0.15, 0.2) is 42.5 Å². The van der Waals surface area contributed by atoms with Crippen molar-refractivity contribution in [2.75, 3.05) is 0 Å². The van der Waals surface area contributed by atoms with Crippen LogP contribution in [0.2, 0.25) is 5.02 Å². The highest BCUT2D eigenvalue weighted by molar-refractivity contribution is 6.30. The molecule has 0 radical (unpaired) electrons. The van der Waals surface area contributed by atoms with Gasteiger partial charge in [-0.05, 0) is 30.7 Å². The van der Waals surface area contributed by atoms with E-state index in [9.17, 15) is 9.50 Å². The number of nitrogens with one attached hydrogen (secondary N) is 1. The van der Waals surface area contributed by atoms with Gasteiger partial charge in [0.15, 0.2) is 11.6 Å². The highest BCUT2D eigenvalue weighted by Crippen LogP contribution is 2.22. The van der Waals surface area contributed by atoms with Crippen LogP contribution in [0.4, 0.5) is 4.39 Å². The molecule has 0 amide bonds. The first-order valence-corrected chi connectivity index (χ1v) is 6.41. The highest BCUT2D eigenvalue weighted by atomic mass is 35.5. The van der Waals surface area contributed by atoms with Gasteiger partial charge < -0.3 is 10.4 Å². The van der Waals surface area contributed by atoms with Gasteiger partial charge in [0.1, 0.15) is 0 Å². The number of hydrogen-bond acceptors (Lipinski definition) is 2. The molecule has 4 heteroatoms. The van der Waals surface area contributed by atoms with E-state index < -0.39 is 5.82 Å². The van der Waals surface area contributed by atoms with Crippen LogP contribution in [-0.4, -0.2) is 5.11 Å². The Morgan fingerprint density at radius 2 is 2.00 bits per heavy atom. The summed E-state index contributed by atoms with van der Waals surface area (Å²) >= 11 is 5.93. The molecule has 0 aliphatic rings. The fourth-order valence-corrected chi connectivity index (χ4v) is 2.06. The van der Waals surface area contributed by atoms with Gasteiger partial charge in [-0.3, -0.25) is 0 Å². The SMILES string of the molecule is C[C@@H](NCc1cccc(F)c1O)c1cccc(Cl)c1. The van der Waals surface area contributed by atoms with Crippen LogP contribution in [0.25, 0.3) is 0 Å². The smallest absolute Gasteiger partial charge is 0.165 e. The summed E-state index contributed by atoms with van der Waals surface area (Å²) in [5, 5.41) is 13.5. The molecule has 0 fully saturated rings. The van der Waals surface area contributed by atoms with E-state index in [0.717, 1.165) is 5.56 Å². The maximum atomic E-state index is 13.2. The summed E-state index contributed by atoms with van der Waals surface area (Å²) in [6.45, 7) is 2.37. The Labute approximate surface area is 116 Å². The molecule has 0 heterocycles. The van der Waals surface area contributed by atoms with E-state index in [-0.39, 0.29) is 11.8 Å². The lowest BCUT2D eigenvalue weighted by Crippen LogP contribution is -2.18. The maximum Gasteiger partial charge on any atom is 0.165 e. The van der Waals surface area contributed by atoms with Crippen molar-refractivity contribution >= 4 is 11.6 Å². The summed E-state index contributed by atoms with van der Waals surface area (Å²) in [6.07, 6.45) is 0. The third kappa shape index (κ3) is 3.46. The van der Waals surface area contributed by atoms with E-state index in [0.29, 0.717) is 17.1 Å².